The van der Waals surface area contributed by atoms with Gasteiger partial charge in [-0.15, -0.1) is 11.3 Å². The lowest BCUT2D eigenvalue weighted by Gasteiger charge is -2.04. The van der Waals surface area contributed by atoms with E-state index in [0.717, 1.165) is 28.1 Å². The van der Waals surface area contributed by atoms with Crippen LogP contribution in [0.25, 0.3) is 22.0 Å². The molecular weight excluding hydrogens is 398 g/mol. The molecule has 4 rings (SSSR count). The number of thiazole rings is 1. The van der Waals surface area contributed by atoms with Gasteiger partial charge in [0, 0.05) is 23.1 Å². The third kappa shape index (κ3) is 3.58. The van der Waals surface area contributed by atoms with Crippen molar-refractivity contribution >= 4 is 50.4 Å². The molecule has 0 bridgehead atoms. The normalized spacial score (nSPS) is 10.8. The Hall–Kier alpha value is -3.29. The summed E-state index contributed by atoms with van der Waals surface area (Å²) in [5.74, 6) is -0.473. The van der Waals surface area contributed by atoms with Crippen LogP contribution in [0.4, 0.5) is 10.8 Å². The first kappa shape index (κ1) is 18.1. The zero-order valence-corrected chi connectivity index (χ0v) is 15.8. The second kappa shape index (κ2) is 7.38. The Kier molecular flexibility index (Phi) is 4.77. The fourth-order valence-electron chi connectivity index (χ4n) is 2.78. The second-order valence-corrected chi connectivity index (χ2v) is 7.24. The van der Waals surface area contributed by atoms with Crippen LogP contribution < -0.4 is 5.32 Å². The van der Waals surface area contributed by atoms with Crippen molar-refractivity contribution in [2.45, 2.75) is 0 Å². The fourth-order valence-corrected chi connectivity index (χ4v) is 3.75. The van der Waals surface area contributed by atoms with Crippen LogP contribution in [0.3, 0.4) is 0 Å². The van der Waals surface area contributed by atoms with Gasteiger partial charge in [0.1, 0.15) is 0 Å². The first-order valence-electron chi connectivity index (χ1n) is 8.21. The minimum absolute atomic E-state index is 0.0120. The van der Waals surface area contributed by atoms with Crippen molar-refractivity contribution < 1.29 is 9.72 Å². The molecule has 1 amide bonds. The van der Waals surface area contributed by atoms with Crippen LogP contribution in [-0.2, 0) is 0 Å². The summed E-state index contributed by atoms with van der Waals surface area (Å²) in [5.41, 5.74) is 1.67. The molecule has 4 aromatic rings. The van der Waals surface area contributed by atoms with Gasteiger partial charge in [-0.2, -0.15) is 0 Å². The molecule has 1 heterocycles. The smallest absolute Gasteiger partial charge is 0.270 e. The minimum Gasteiger partial charge on any atom is -0.298 e. The molecule has 0 unspecified atom stereocenters. The first-order valence-corrected chi connectivity index (χ1v) is 9.47. The zero-order chi connectivity index (χ0) is 19.7. The molecule has 3 aromatic carbocycles. The van der Waals surface area contributed by atoms with Gasteiger partial charge in [-0.1, -0.05) is 48.0 Å². The van der Waals surface area contributed by atoms with Crippen LogP contribution in [0.2, 0.25) is 5.02 Å². The van der Waals surface area contributed by atoms with E-state index >= 15 is 0 Å². The number of hydrogen-bond acceptors (Lipinski definition) is 5. The van der Waals surface area contributed by atoms with E-state index in [1.807, 2.05) is 47.8 Å². The van der Waals surface area contributed by atoms with E-state index in [2.05, 4.69) is 10.3 Å². The number of non-ortho nitro benzene ring substituents is 1. The molecule has 0 spiro atoms. The van der Waals surface area contributed by atoms with Gasteiger partial charge >= 0.3 is 0 Å². The maximum absolute atomic E-state index is 12.4. The molecule has 8 heteroatoms. The van der Waals surface area contributed by atoms with Crippen molar-refractivity contribution in [3.8, 4) is 11.3 Å². The SMILES string of the molecule is O=C(Nc1nc(-c2ccc3ccccc3c2)cs1)c1ccc([N+](=O)[O-])cc1Cl. The Morgan fingerprint density at radius 3 is 2.61 bits per heavy atom. The lowest BCUT2D eigenvalue weighted by molar-refractivity contribution is -0.384. The third-order valence-electron chi connectivity index (χ3n) is 4.18. The number of carbonyl (C=O) groups is 1. The number of anilines is 1. The molecule has 0 saturated carbocycles. The Morgan fingerprint density at radius 1 is 1.07 bits per heavy atom. The topological polar surface area (TPSA) is 85.1 Å². The number of nitrogens with one attached hydrogen (secondary N) is 1. The van der Waals surface area contributed by atoms with Crippen molar-refractivity contribution in [2.75, 3.05) is 5.32 Å². The molecule has 1 aromatic heterocycles. The number of halogens is 1. The Bertz CT molecular complexity index is 1220. The number of nitro benzene ring substituents is 1. The van der Waals surface area contributed by atoms with E-state index in [9.17, 15) is 14.9 Å². The van der Waals surface area contributed by atoms with Gasteiger partial charge in [-0.05, 0) is 22.9 Å². The van der Waals surface area contributed by atoms with E-state index in [1.165, 1.54) is 23.5 Å². The molecular formula is C20H12ClN3O3S. The van der Waals surface area contributed by atoms with Crippen molar-refractivity contribution in [2.24, 2.45) is 0 Å². The zero-order valence-electron chi connectivity index (χ0n) is 14.3. The molecule has 0 radical (unpaired) electrons. The first-order chi connectivity index (χ1) is 13.5. The molecule has 0 saturated heterocycles. The van der Waals surface area contributed by atoms with Crippen molar-refractivity contribution in [3.63, 3.8) is 0 Å². The number of benzene rings is 3. The van der Waals surface area contributed by atoms with Gasteiger partial charge in [0.05, 0.1) is 21.2 Å². The summed E-state index contributed by atoms with van der Waals surface area (Å²) in [4.78, 5) is 27.1. The van der Waals surface area contributed by atoms with Crippen LogP contribution in [0.5, 0.6) is 0 Å². The molecule has 0 atom stereocenters. The number of carbonyl (C=O) groups excluding carboxylic acids is 1. The number of amides is 1. The van der Waals surface area contributed by atoms with Gasteiger partial charge in [-0.25, -0.2) is 4.98 Å². The number of nitro groups is 1. The standard InChI is InChI=1S/C20H12ClN3O3S/c21-17-10-15(24(26)27)7-8-16(17)19(25)23-20-22-18(11-28-20)14-6-5-12-3-1-2-4-13(12)9-14/h1-11H,(H,22,23,25). The van der Waals surface area contributed by atoms with Crippen LogP contribution in [-0.4, -0.2) is 15.8 Å². The predicted octanol–water partition coefficient (Wildman–Crippen LogP) is 5.78. The highest BCUT2D eigenvalue weighted by Crippen LogP contribution is 2.29. The Balaban J connectivity index is 1.56. The molecule has 0 fully saturated rings. The Morgan fingerprint density at radius 2 is 1.86 bits per heavy atom. The number of aromatic nitrogens is 1. The lowest BCUT2D eigenvalue weighted by Crippen LogP contribution is -2.12. The summed E-state index contributed by atoms with van der Waals surface area (Å²) in [5, 5.41) is 18.0. The molecule has 0 aliphatic rings. The summed E-state index contributed by atoms with van der Waals surface area (Å²) >= 11 is 7.30. The molecule has 28 heavy (non-hydrogen) atoms. The second-order valence-electron chi connectivity index (χ2n) is 5.98. The van der Waals surface area contributed by atoms with Crippen molar-refractivity contribution in [1.82, 2.24) is 4.98 Å². The minimum atomic E-state index is -0.565. The molecule has 0 aliphatic heterocycles. The molecule has 138 valence electrons. The maximum Gasteiger partial charge on any atom is 0.270 e. The van der Waals surface area contributed by atoms with E-state index in [-0.39, 0.29) is 16.3 Å². The summed E-state index contributed by atoms with van der Waals surface area (Å²) < 4.78 is 0. The lowest BCUT2D eigenvalue weighted by atomic mass is 10.1. The van der Waals surface area contributed by atoms with Crippen LogP contribution in [0, 0.1) is 10.1 Å². The van der Waals surface area contributed by atoms with Gasteiger partial charge in [0.2, 0.25) is 0 Å². The fraction of sp³-hybridized carbons (Fsp3) is 0. The monoisotopic (exact) mass is 409 g/mol. The van der Waals surface area contributed by atoms with Crippen molar-refractivity contribution in [3.05, 3.63) is 86.7 Å². The largest absolute Gasteiger partial charge is 0.298 e. The van der Waals surface area contributed by atoms with Gasteiger partial charge < -0.3 is 0 Å². The molecule has 6 nitrogen and oxygen atoms in total. The average Bonchev–Trinajstić information content (AvgIpc) is 3.15. The average molecular weight is 410 g/mol. The van der Waals surface area contributed by atoms with Crippen LogP contribution in [0.15, 0.2) is 66.0 Å². The number of rotatable bonds is 4. The molecule has 1 N–H and O–H groups in total. The number of hydrogen-bond donors (Lipinski definition) is 1. The highest BCUT2D eigenvalue weighted by Gasteiger charge is 2.16. The summed E-state index contributed by atoms with van der Waals surface area (Å²) in [6, 6.07) is 17.8. The Labute approximate surface area is 168 Å². The summed E-state index contributed by atoms with van der Waals surface area (Å²) in [6.45, 7) is 0. The van der Waals surface area contributed by atoms with Crippen LogP contribution in [0.1, 0.15) is 10.4 Å². The maximum atomic E-state index is 12.4. The van der Waals surface area contributed by atoms with E-state index in [0.29, 0.717) is 5.13 Å². The quantitative estimate of drug-likeness (QED) is 0.342. The number of nitrogens with zero attached hydrogens (tertiary/aromatic N) is 2. The molecule has 0 aliphatic carbocycles. The van der Waals surface area contributed by atoms with Gasteiger partial charge in [-0.3, -0.25) is 20.2 Å². The predicted molar refractivity (Wildman–Crippen MR) is 111 cm³/mol. The highest BCUT2D eigenvalue weighted by atomic mass is 35.5. The summed E-state index contributed by atoms with van der Waals surface area (Å²) in [6.07, 6.45) is 0. The van der Waals surface area contributed by atoms with Gasteiger partial charge in [0.15, 0.2) is 5.13 Å². The van der Waals surface area contributed by atoms with E-state index < -0.39 is 10.8 Å². The van der Waals surface area contributed by atoms with Crippen molar-refractivity contribution in [1.29, 1.82) is 0 Å². The van der Waals surface area contributed by atoms with E-state index in [1.54, 1.807) is 0 Å². The van der Waals surface area contributed by atoms with Crippen LogP contribution >= 0.6 is 22.9 Å². The summed E-state index contributed by atoms with van der Waals surface area (Å²) in [7, 11) is 0. The number of fused-ring (bicyclic) bond motifs is 1. The highest BCUT2D eigenvalue weighted by molar-refractivity contribution is 7.14. The van der Waals surface area contributed by atoms with Gasteiger partial charge in [0.25, 0.3) is 11.6 Å². The van der Waals surface area contributed by atoms with E-state index in [4.69, 9.17) is 11.6 Å². The third-order valence-corrected chi connectivity index (χ3v) is 5.25.